The van der Waals surface area contributed by atoms with E-state index in [0.717, 1.165) is 9.37 Å². The quantitative estimate of drug-likeness (QED) is 0.152. The second-order valence-electron chi connectivity index (χ2n) is 10.3. The highest BCUT2D eigenvalue weighted by atomic mass is 79.9. The molecule has 0 unspecified atom stereocenters. The number of benzene rings is 2. The van der Waals surface area contributed by atoms with E-state index in [9.17, 15) is 19.2 Å². The number of ether oxygens (including phenoxy) is 1. The number of rotatable bonds is 4. The number of imide groups is 1. The minimum atomic E-state index is -2.02. The zero-order valence-electron chi connectivity index (χ0n) is 20.8. The number of hydrogen-bond donors (Lipinski definition) is 0. The second-order valence-corrected chi connectivity index (χ2v) is 14.5. The molecule has 5 atom stereocenters. The molecule has 2 heterocycles. The highest BCUT2D eigenvalue weighted by Gasteiger charge is 2.87. The van der Waals surface area contributed by atoms with Crippen molar-refractivity contribution in [2.75, 3.05) is 16.3 Å². The average molecular weight is 742 g/mol. The van der Waals surface area contributed by atoms with Gasteiger partial charge >= 0.3 is 5.97 Å². The van der Waals surface area contributed by atoms with Crippen LogP contribution in [0.2, 0.25) is 0 Å². The molecule has 2 aromatic rings. The molecule has 214 valence electrons. The minimum Gasteiger partial charge on any atom is -0.426 e. The maximum absolute atomic E-state index is 13.7. The Hall–Kier alpha value is -1.52. The Balaban J connectivity index is 1.21. The number of aryl methyl sites for hydroxylation is 1. The van der Waals surface area contributed by atoms with E-state index >= 15 is 0 Å². The Kier molecular flexibility index (Phi) is 7.02. The molecule has 2 aliphatic heterocycles. The lowest BCUT2D eigenvalue weighted by Crippen LogP contribution is -2.50. The van der Waals surface area contributed by atoms with E-state index in [1.165, 1.54) is 18.2 Å². The van der Waals surface area contributed by atoms with E-state index in [0.29, 0.717) is 11.3 Å². The van der Waals surface area contributed by atoms with Crippen LogP contribution in [-0.2, 0) is 19.2 Å². The second kappa shape index (κ2) is 9.74. The third kappa shape index (κ3) is 3.84. The summed E-state index contributed by atoms with van der Waals surface area (Å²) in [6, 6.07) is 11.6. The Morgan fingerprint density at radius 1 is 0.927 bits per heavy atom. The molecule has 6 rings (SSSR count). The van der Waals surface area contributed by atoms with Crippen LogP contribution in [-0.4, -0.2) is 44.3 Å². The molecule has 3 amide bonds. The van der Waals surface area contributed by atoms with Gasteiger partial charge in [0.15, 0.2) is 4.33 Å². The molecule has 1 saturated carbocycles. The Labute approximate surface area is 272 Å². The fraction of sp³-hybridized carbons (Fsp3) is 0.333. The summed E-state index contributed by atoms with van der Waals surface area (Å²) < 4.78 is 4.42. The zero-order valence-corrected chi connectivity index (χ0v) is 26.9. The van der Waals surface area contributed by atoms with Crippen molar-refractivity contribution >= 4 is 121 Å². The number of amides is 3. The lowest BCUT2D eigenvalue weighted by Gasteiger charge is -2.34. The molecule has 2 saturated heterocycles. The normalized spacial score (nSPS) is 31.9. The van der Waals surface area contributed by atoms with Crippen LogP contribution < -0.4 is 14.5 Å². The fourth-order valence-corrected chi connectivity index (χ4v) is 9.30. The molecule has 41 heavy (non-hydrogen) atoms. The highest BCUT2D eigenvalue weighted by molar-refractivity contribution is 9.10. The third-order valence-electron chi connectivity index (χ3n) is 8.13. The monoisotopic (exact) mass is 738 g/mol. The van der Waals surface area contributed by atoms with Gasteiger partial charge in [-0.25, -0.2) is 4.90 Å². The van der Waals surface area contributed by atoms with Gasteiger partial charge in [0.05, 0.1) is 33.5 Å². The van der Waals surface area contributed by atoms with E-state index < -0.39 is 49.6 Å². The molecule has 3 fully saturated rings. The van der Waals surface area contributed by atoms with Gasteiger partial charge in [-0.3, -0.25) is 19.2 Å². The Morgan fingerprint density at radius 3 is 2.02 bits per heavy atom. The van der Waals surface area contributed by atoms with Crippen molar-refractivity contribution in [2.24, 2.45) is 17.8 Å². The third-order valence-corrected chi connectivity index (χ3v) is 12.9. The largest absolute Gasteiger partial charge is 0.426 e. The van der Waals surface area contributed by atoms with Crippen molar-refractivity contribution in [3.63, 3.8) is 0 Å². The van der Waals surface area contributed by atoms with Crippen LogP contribution in [0, 0.1) is 24.7 Å². The minimum absolute atomic E-state index is 0.00760. The Morgan fingerprint density at radius 2 is 1.49 bits per heavy atom. The molecule has 0 spiro atoms. The number of fused-ring (bicyclic) bond motifs is 5. The van der Waals surface area contributed by atoms with Crippen LogP contribution in [0.4, 0.5) is 11.4 Å². The summed E-state index contributed by atoms with van der Waals surface area (Å²) in [6.07, 6.45) is 0.00760. The van der Waals surface area contributed by atoms with Gasteiger partial charge in [0.1, 0.15) is 15.5 Å². The van der Waals surface area contributed by atoms with E-state index in [1.807, 2.05) is 12.1 Å². The number of carbonyl (C=O) groups is 4. The molecule has 0 aromatic heterocycles. The first-order valence-electron chi connectivity index (χ1n) is 12.2. The number of halogens is 7. The van der Waals surface area contributed by atoms with Gasteiger partial charge in [0.2, 0.25) is 17.7 Å². The fourth-order valence-electron chi connectivity index (χ4n) is 6.11. The van der Waals surface area contributed by atoms with Crippen LogP contribution >= 0.6 is 85.5 Å². The van der Waals surface area contributed by atoms with Crippen LogP contribution in [0.25, 0.3) is 0 Å². The highest BCUT2D eigenvalue weighted by Crippen LogP contribution is 2.77. The first-order chi connectivity index (χ1) is 19.2. The van der Waals surface area contributed by atoms with Crippen LogP contribution in [0.1, 0.15) is 12.0 Å². The SMILES string of the molecule is Cc1cc(OC(=O)[C@@H]2CC(=O)N(c3ccc(Br)cc3)C2)ccc1N1C(=O)[C@@H]2[C@H](C1=O)[C@@]1(Cl)C(Cl)=C(Cl)[C@@]2(Cl)C1(Cl)Cl. The predicted octanol–water partition coefficient (Wildman–Crippen LogP) is 6.67. The molecule has 2 aromatic carbocycles. The standard InChI is InChI=1S/C27H17BrCl6N2O5/c1-11-8-15(41-24(40)12-9-17(37)35(10-12)14-4-2-13(28)3-5-14)6-7-16(11)36-22(38)18-19(23(36)39)26(32)21(30)20(29)25(18,31)27(26,33)34/h2-8,12,18-19H,9-10H2,1H3/t12-,18-,19+,25-,26-/m1/s1. The van der Waals surface area contributed by atoms with Gasteiger partial charge in [-0.2, -0.15) is 0 Å². The first kappa shape index (κ1) is 29.5. The summed E-state index contributed by atoms with van der Waals surface area (Å²) in [6.45, 7) is 1.82. The number of allylic oxidation sites excluding steroid dienone is 2. The van der Waals surface area contributed by atoms with Crippen LogP contribution in [0.5, 0.6) is 5.75 Å². The van der Waals surface area contributed by atoms with Crippen molar-refractivity contribution < 1.29 is 23.9 Å². The van der Waals surface area contributed by atoms with Crippen LogP contribution in [0.3, 0.4) is 0 Å². The molecule has 7 nitrogen and oxygen atoms in total. The molecule has 0 radical (unpaired) electrons. The maximum Gasteiger partial charge on any atom is 0.316 e. The van der Waals surface area contributed by atoms with Crippen molar-refractivity contribution in [1.29, 1.82) is 0 Å². The summed E-state index contributed by atoms with van der Waals surface area (Å²) in [5.41, 5.74) is 1.36. The average Bonchev–Trinajstić information content (AvgIpc) is 3.50. The smallest absolute Gasteiger partial charge is 0.316 e. The summed E-state index contributed by atoms with van der Waals surface area (Å²) in [5.74, 6) is -5.14. The van der Waals surface area contributed by atoms with Gasteiger partial charge in [-0.1, -0.05) is 62.3 Å². The lowest BCUT2D eigenvalue weighted by atomic mass is 9.84. The Bertz CT molecular complexity index is 1550. The predicted molar refractivity (Wildman–Crippen MR) is 161 cm³/mol. The number of anilines is 2. The number of alkyl halides is 4. The van der Waals surface area contributed by atoms with Gasteiger partial charge in [-0.15, -0.1) is 23.2 Å². The van der Waals surface area contributed by atoms with Crippen molar-refractivity contribution in [3.8, 4) is 5.75 Å². The van der Waals surface area contributed by atoms with Gasteiger partial charge in [0, 0.05) is 23.1 Å². The van der Waals surface area contributed by atoms with E-state index in [-0.39, 0.29) is 40.4 Å². The van der Waals surface area contributed by atoms with E-state index in [2.05, 4.69) is 15.9 Å². The van der Waals surface area contributed by atoms with Crippen molar-refractivity contribution in [2.45, 2.75) is 27.4 Å². The molecular formula is C27H17BrCl6N2O5. The number of nitrogens with zero attached hydrogens (tertiary/aromatic N) is 2. The number of esters is 1. The van der Waals surface area contributed by atoms with Gasteiger partial charge < -0.3 is 9.64 Å². The summed E-state index contributed by atoms with van der Waals surface area (Å²) >= 11 is 42.7. The number of hydrogen-bond acceptors (Lipinski definition) is 5. The zero-order chi connectivity index (χ0) is 29.8. The first-order valence-corrected chi connectivity index (χ1v) is 15.3. The number of carbonyl (C=O) groups excluding carboxylic acids is 4. The van der Waals surface area contributed by atoms with Crippen molar-refractivity contribution in [1.82, 2.24) is 0 Å². The lowest BCUT2D eigenvalue weighted by molar-refractivity contribution is -0.139. The molecule has 2 aliphatic carbocycles. The summed E-state index contributed by atoms with van der Waals surface area (Å²) in [4.78, 5) is 51.5. The summed E-state index contributed by atoms with van der Waals surface area (Å²) in [5, 5.41) is -0.346. The molecule has 14 heteroatoms. The maximum atomic E-state index is 13.7. The molecule has 2 bridgehead atoms. The van der Waals surface area contributed by atoms with E-state index in [1.54, 1.807) is 24.0 Å². The topological polar surface area (TPSA) is 84.0 Å². The molecular weight excluding hydrogens is 725 g/mol. The van der Waals surface area contributed by atoms with Gasteiger partial charge in [-0.05, 0) is 55.0 Å². The van der Waals surface area contributed by atoms with Crippen LogP contribution in [0.15, 0.2) is 57.0 Å². The van der Waals surface area contributed by atoms with Crippen molar-refractivity contribution in [3.05, 3.63) is 62.6 Å². The summed E-state index contributed by atoms with van der Waals surface area (Å²) in [7, 11) is 0. The molecule has 4 aliphatic rings. The molecule has 0 N–H and O–H groups in total. The van der Waals surface area contributed by atoms with Gasteiger partial charge in [0.25, 0.3) is 0 Å². The van der Waals surface area contributed by atoms with E-state index in [4.69, 9.17) is 74.3 Å².